The van der Waals surface area contributed by atoms with Crippen LogP contribution in [0.25, 0.3) is 10.9 Å². The third kappa shape index (κ3) is 1.99. The number of para-hydroxylation sites is 1. The highest BCUT2D eigenvalue weighted by atomic mass is 16.2. The van der Waals surface area contributed by atoms with Crippen LogP contribution in [0, 0.1) is 0 Å². The molecule has 0 radical (unpaired) electrons. The van der Waals surface area contributed by atoms with Crippen molar-refractivity contribution in [3.63, 3.8) is 0 Å². The lowest BCUT2D eigenvalue weighted by Crippen LogP contribution is -2.12. The number of aromatic nitrogens is 2. The summed E-state index contributed by atoms with van der Waals surface area (Å²) in [5.41, 5.74) is 3.61. The number of aromatic amines is 1. The molecule has 1 amide bonds. The van der Waals surface area contributed by atoms with Gasteiger partial charge < -0.3 is 5.32 Å². The number of nitrogens with zero attached hydrogens (tertiary/aromatic N) is 2. The van der Waals surface area contributed by atoms with Crippen molar-refractivity contribution >= 4 is 34.4 Å². The predicted octanol–water partition coefficient (Wildman–Crippen LogP) is 3.00. The van der Waals surface area contributed by atoms with Gasteiger partial charge in [0.2, 0.25) is 5.91 Å². The Morgan fingerprint density at radius 2 is 2.10 bits per heavy atom. The van der Waals surface area contributed by atoms with E-state index in [1.165, 1.54) is 0 Å². The number of carbonyl (C=O) groups excluding carboxylic acids is 1. The lowest BCUT2D eigenvalue weighted by atomic mass is 10.0. The smallest absolute Gasteiger partial charge is 0.237 e. The third-order valence-corrected chi connectivity index (χ3v) is 3.63. The van der Waals surface area contributed by atoms with Crippen molar-refractivity contribution in [2.75, 3.05) is 5.32 Å². The largest absolute Gasteiger partial charge is 0.325 e. The Morgan fingerprint density at radius 3 is 3.05 bits per heavy atom. The van der Waals surface area contributed by atoms with E-state index in [1.54, 1.807) is 12.4 Å². The average molecular weight is 276 g/mol. The maximum atomic E-state index is 12.0. The van der Waals surface area contributed by atoms with Gasteiger partial charge in [0, 0.05) is 17.3 Å². The van der Waals surface area contributed by atoms with Crippen LogP contribution in [0.3, 0.4) is 0 Å². The van der Waals surface area contributed by atoms with Crippen LogP contribution in [-0.2, 0) is 4.79 Å². The number of aliphatic imine (C=N–C) groups is 1. The highest BCUT2D eigenvalue weighted by Crippen LogP contribution is 2.31. The summed E-state index contributed by atoms with van der Waals surface area (Å²) in [6.45, 7) is 0. The van der Waals surface area contributed by atoms with Gasteiger partial charge in [-0.3, -0.25) is 14.9 Å². The minimum absolute atomic E-state index is 0.0376. The quantitative estimate of drug-likeness (QED) is 0.706. The Labute approximate surface area is 120 Å². The first-order valence-corrected chi connectivity index (χ1v) is 6.68. The molecule has 0 aliphatic carbocycles. The molecule has 5 heteroatoms. The number of hydrogen-bond acceptors (Lipinski definition) is 3. The molecule has 0 spiro atoms. The molecule has 1 aliphatic rings. The second kappa shape index (κ2) is 4.56. The number of anilines is 1. The summed E-state index contributed by atoms with van der Waals surface area (Å²) in [5, 5.41) is 10.7. The van der Waals surface area contributed by atoms with E-state index in [4.69, 9.17) is 0 Å². The van der Waals surface area contributed by atoms with Crippen LogP contribution in [-0.4, -0.2) is 22.3 Å². The zero-order valence-electron chi connectivity index (χ0n) is 11.1. The Hall–Kier alpha value is -2.95. The van der Waals surface area contributed by atoms with Crippen LogP contribution in [0.15, 0.2) is 53.7 Å². The van der Waals surface area contributed by atoms with Gasteiger partial charge in [-0.05, 0) is 29.8 Å². The predicted molar refractivity (Wildman–Crippen MR) is 82.1 cm³/mol. The van der Waals surface area contributed by atoms with Crippen LogP contribution >= 0.6 is 0 Å². The Morgan fingerprint density at radius 1 is 1.19 bits per heavy atom. The van der Waals surface area contributed by atoms with Crippen molar-refractivity contribution in [1.29, 1.82) is 0 Å². The molecule has 0 saturated heterocycles. The van der Waals surface area contributed by atoms with Gasteiger partial charge in [-0.15, -0.1) is 0 Å². The molecule has 2 aromatic carbocycles. The molecule has 1 unspecified atom stereocenters. The fraction of sp³-hybridized carbons (Fsp3) is 0.0625. The zero-order valence-corrected chi connectivity index (χ0v) is 11.1. The Balaban J connectivity index is 1.67. The van der Waals surface area contributed by atoms with Gasteiger partial charge in [0.25, 0.3) is 0 Å². The molecule has 0 saturated carbocycles. The van der Waals surface area contributed by atoms with Crippen molar-refractivity contribution in [3.05, 3.63) is 54.2 Å². The zero-order chi connectivity index (χ0) is 14.2. The summed E-state index contributed by atoms with van der Waals surface area (Å²) in [4.78, 5) is 16.4. The van der Waals surface area contributed by atoms with Gasteiger partial charge in [-0.1, -0.05) is 18.2 Å². The fourth-order valence-corrected chi connectivity index (χ4v) is 2.55. The molecule has 1 atom stereocenters. The van der Waals surface area contributed by atoms with E-state index in [1.807, 2.05) is 42.5 Å². The molecule has 3 aromatic rings. The molecule has 2 heterocycles. The molecule has 4 rings (SSSR count). The molecular formula is C16H12N4O. The number of nitrogens with one attached hydrogen (secondary N) is 2. The SMILES string of the molecule is O=C1Nc2ccccc2C1C=Nc1ccc2[nH]ncc2c1. The highest BCUT2D eigenvalue weighted by Gasteiger charge is 2.28. The second-order valence-electron chi connectivity index (χ2n) is 4.97. The summed E-state index contributed by atoms with van der Waals surface area (Å²) in [6.07, 6.45) is 3.45. The topological polar surface area (TPSA) is 70.1 Å². The average Bonchev–Trinajstić information content (AvgIpc) is 3.08. The van der Waals surface area contributed by atoms with E-state index in [9.17, 15) is 4.79 Å². The number of amides is 1. The summed E-state index contributed by atoms with van der Waals surface area (Å²) < 4.78 is 0. The van der Waals surface area contributed by atoms with E-state index in [2.05, 4.69) is 20.5 Å². The maximum Gasteiger partial charge on any atom is 0.237 e. The number of fused-ring (bicyclic) bond motifs is 2. The number of hydrogen-bond donors (Lipinski definition) is 2. The van der Waals surface area contributed by atoms with E-state index >= 15 is 0 Å². The van der Waals surface area contributed by atoms with Gasteiger partial charge >= 0.3 is 0 Å². The van der Waals surface area contributed by atoms with E-state index in [0.29, 0.717) is 0 Å². The van der Waals surface area contributed by atoms with Crippen LogP contribution in [0.1, 0.15) is 11.5 Å². The minimum Gasteiger partial charge on any atom is -0.325 e. The number of benzene rings is 2. The van der Waals surface area contributed by atoms with Gasteiger partial charge in [0.1, 0.15) is 5.92 Å². The van der Waals surface area contributed by atoms with Gasteiger partial charge in [0.05, 0.1) is 17.4 Å². The van der Waals surface area contributed by atoms with Gasteiger partial charge in [-0.2, -0.15) is 5.10 Å². The van der Waals surface area contributed by atoms with Crippen molar-refractivity contribution in [2.45, 2.75) is 5.92 Å². The van der Waals surface area contributed by atoms with Gasteiger partial charge in [-0.25, -0.2) is 0 Å². The minimum atomic E-state index is -0.332. The first kappa shape index (κ1) is 11.8. The monoisotopic (exact) mass is 276 g/mol. The fourth-order valence-electron chi connectivity index (χ4n) is 2.55. The second-order valence-corrected chi connectivity index (χ2v) is 4.97. The van der Waals surface area contributed by atoms with Crippen LogP contribution in [0.2, 0.25) is 0 Å². The molecule has 21 heavy (non-hydrogen) atoms. The van der Waals surface area contributed by atoms with Crippen molar-refractivity contribution in [2.24, 2.45) is 4.99 Å². The Bertz CT molecular complexity index is 865. The van der Waals surface area contributed by atoms with Crippen LogP contribution in [0.4, 0.5) is 11.4 Å². The molecular weight excluding hydrogens is 264 g/mol. The molecule has 1 aromatic heterocycles. The summed E-state index contributed by atoms with van der Waals surface area (Å²) in [5.74, 6) is -0.370. The molecule has 0 bridgehead atoms. The highest BCUT2D eigenvalue weighted by molar-refractivity contribution is 6.12. The molecule has 2 N–H and O–H groups in total. The van der Waals surface area contributed by atoms with E-state index < -0.39 is 0 Å². The van der Waals surface area contributed by atoms with E-state index in [-0.39, 0.29) is 11.8 Å². The number of H-pyrrole nitrogens is 1. The first-order chi connectivity index (χ1) is 10.3. The number of carbonyl (C=O) groups is 1. The molecule has 102 valence electrons. The Kier molecular flexibility index (Phi) is 2.57. The normalized spacial score (nSPS) is 17.3. The lowest BCUT2D eigenvalue weighted by molar-refractivity contribution is -0.115. The van der Waals surface area contributed by atoms with Crippen molar-refractivity contribution in [1.82, 2.24) is 10.2 Å². The lowest BCUT2D eigenvalue weighted by Gasteiger charge is -2.01. The van der Waals surface area contributed by atoms with Gasteiger partial charge in [0.15, 0.2) is 0 Å². The number of rotatable bonds is 2. The molecule has 1 aliphatic heterocycles. The van der Waals surface area contributed by atoms with Crippen LogP contribution in [0.5, 0.6) is 0 Å². The first-order valence-electron chi connectivity index (χ1n) is 6.68. The summed E-state index contributed by atoms with van der Waals surface area (Å²) in [7, 11) is 0. The molecule has 0 fully saturated rings. The summed E-state index contributed by atoms with van der Waals surface area (Å²) in [6, 6.07) is 13.5. The maximum absolute atomic E-state index is 12.0. The van der Waals surface area contributed by atoms with E-state index in [0.717, 1.165) is 27.8 Å². The van der Waals surface area contributed by atoms with Crippen LogP contribution < -0.4 is 5.32 Å². The molecule has 5 nitrogen and oxygen atoms in total. The third-order valence-electron chi connectivity index (χ3n) is 3.63. The van der Waals surface area contributed by atoms with Crippen molar-refractivity contribution < 1.29 is 4.79 Å². The standard InChI is InChI=1S/C16H12N4O/c21-16-13(12-3-1-2-4-15(12)19-16)9-17-11-5-6-14-10(7-11)8-18-20-14/h1-9,13H,(H,18,20)(H,19,21). The summed E-state index contributed by atoms with van der Waals surface area (Å²) >= 11 is 0. The van der Waals surface area contributed by atoms with Crippen molar-refractivity contribution in [3.8, 4) is 0 Å².